The van der Waals surface area contributed by atoms with Gasteiger partial charge in [0.2, 0.25) is 0 Å². The maximum atomic E-state index is 11.4. The maximum Gasteiger partial charge on any atom is 0.715 e. The van der Waals surface area contributed by atoms with Crippen molar-refractivity contribution in [3.63, 3.8) is 0 Å². The molecule has 2 N–H and O–H groups in total. The first-order chi connectivity index (χ1) is 9.78. The topological polar surface area (TPSA) is 70.8 Å². The molecule has 0 spiro atoms. The molecule has 2 fully saturated rings. The second-order valence-electron chi connectivity index (χ2n) is 5.77. The van der Waals surface area contributed by atoms with E-state index < -0.39 is 13.3 Å². The minimum atomic E-state index is -0.878. The number of hydrogen-bond donors (Lipinski definition) is 1. The van der Waals surface area contributed by atoms with E-state index in [-0.39, 0.29) is 18.8 Å². The minimum Gasteiger partial charge on any atom is -0.484 e. The van der Waals surface area contributed by atoms with Crippen molar-refractivity contribution in [2.24, 2.45) is 5.73 Å². The van der Waals surface area contributed by atoms with E-state index in [0.717, 1.165) is 25.7 Å². The molecule has 0 atom stereocenters. The highest BCUT2D eigenvalue weighted by Crippen LogP contribution is 2.24. The maximum absolute atomic E-state index is 11.4. The van der Waals surface area contributed by atoms with E-state index in [1.165, 1.54) is 38.5 Å². The summed E-state index contributed by atoms with van der Waals surface area (Å²) < 4.78 is 16.9. The van der Waals surface area contributed by atoms with Gasteiger partial charge in [0.25, 0.3) is 0 Å². The molecule has 114 valence electrons. The fraction of sp³-hybridized carbons (Fsp3) is 0.929. The monoisotopic (exact) mass is 283 g/mol. The van der Waals surface area contributed by atoms with Gasteiger partial charge in [-0.05, 0) is 25.7 Å². The van der Waals surface area contributed by atoms with E-state index in [0.29, 0.717) is 0 Å². The Hall–Kier alpha value is -0.585. The minimum absolute atomic E-state index is 0.140. The van der Waals surface area contributed by atoms with Gasteiger partial charge in [-0.2, -0.15) is 0 Å². The SMILES string of the molecule is NCC(=O)OB(OC1CCCCC1)OC1CCCCC1. The number of rotatable bonds is 6. The zero-order valence-electron chi connectivity index (χ0n) is 12.2. The van der Waals surface area contributed by atoms with Crippen LogP contribution in [0.2, 0.25) is 0 Å². The number of carbonyl (C=O) groups is 1. The molecule has 0 aromatic heterocycles. The van der Waals surface area contributed by atoms with Gasteiger partial charge in [-0.25, -0.2) is 0 Å². The van der Waals surface area contributed by atoms with Crippen molar-refractivity contribution in [3.8, 4) is 0 Å². The molecule has 0 amide bonds. The third-order valence-electron chi connectivity index (χ3n) is 4.11. The molecule has 0 unspecified atom stereocenters. The predicted molar refractivity (Wildman–Crippen MR) is 76.8 cm³/mol. The molecule has 2 saturated carbocycles. The lowest BCUT2D eigenvalue weighted by Crippen LogP contribution is -2.40. The first-order valence-electron chi connectivity index (χ1n) is 7.98. The van der Waals surface area contributed by atoms with Gasteiger partial charge in [0, 0.05) is 12.2 Å². The van der Waals surface area contributed by atoms with Crippen molar-refractivity contribution in [2.75, 3.05) is 6.54 Å². The lowest BCUT2D eigenvalue weighted by molar-refractivity contribution is -0.137. The van der Waals surface area contributed by atoms with Crippen molar-refractivity contribution in [3.05, 3.63) is 0 Å². The molecular formula is C14H26BNO4. The van der Waals surface area contributed by atoms with Crippen LogP contribution in [-0.4, -0.2) is 32.0 Å². The molecular weight excluding hydrogens is 257 g/mol. The molecule has 2 aliphatic rings. The number of hydrogen-bond acceptors (Lipinski definition) is 5. The summed E-state index contributed by atoms with van der Waals surface area (Å²) in [4.78, 5) is 11.4. The average molecular weight is 283 g/mol. The quantitative estimate of drug-likeness (QED) is 0.756. The molecule has 0 aliphatic heterocycles. The molecule has 6 heteroatoms. The van der Waals surface area contributed by atoms with Crippen molar-refractivity contribution >= 4 is 13.3 Å². The zero-order valence-corrected chi connectivity index (χ0v) is 12.2. The molecule has 2 rings (SSSR count). The Balaban J connectivity index is 1.83. The highest BCUT2D eigenvalue weighted by molar-refractivity contribution is 6.39. The summed E-state index contributed by atoms with van der Waals surface area (Å²) >= 11 is 0. The second kappa shape index (κ2) is 8.65. The normalized spacial score (nSPS) is 21.6. The van der Waals surface area contributed by atoms with Gasteiger partial charge >= 0.3 is 13.3 Å². The van der Waals surface area contributed by atoms with Crippen LogP contribution in [0.4, 0.5) is 0 Å². The van der Waals surface area contributed by atoms with E-state index in [1.54, 1.807) is 0 Å². The summed E-state index contributed by atoms with van der Waals surface area (Å²) in [5, 5.41) is 0. The van der Waals surface area contributed by atoms with Crippen molar-refractivity contribution in [1.82, 2.24) is 0 Å². The molecule has 0 aromatic rings. The van der Waals surface area contributed by atoms with Crippen LogP contribution in [0.25, 0.3) is 0 Å². The van der Waals surface area contributed by atoms with Crippen LogP contribution in [0, 0.1) is 0 Å². The molecule has 2 aliphatic carbocycles. The van der Waals surface area contributed by atoms with Gasteiger partial charge in [0.1, 0.15) is 0 Å². The molecule has 0 radical (unpaired) electrons. The van der Waals surface area contributed by atoms with Crippen molar-refractivity contribution in [1.29, 1.82) is 0 Å². The molecule has 0 aromatic carbocycles. The molecule has 0 heterocycles. The highest BCUT2D eigenvalue weighted by atomic mass is 16.8. The Morgan fingerprint density at radius 2 is 1.35 bits per heavy atom. The molecule has 0 bridgehead atoms. The summed E-state index contributed by atoms with van der Waals surface area (Å²) in [6, 6.07) is 0. The Kier molecular flexibility index (Phi) is 6.83. The van der Waals surface area contributed by atoms with E-state index in [2.05, 4.69) is 0 Å². The first-order valence-corrected chi connectivity index (χ1v) is 7.98. The zero-order chi connectivity index (χ0) is 14.2. The predicted octanol–water partition coefficient (Wildman–Crippen LogP) is 2.17. The third-order valence-corrected chi connectivity index (χ3v) is 4.11. The van der Waals surface area contributed by atoms with Gasteiger partial charge in [0.05, 0.1) is 6.54 Å². The smallest absolute Gasteiger partial charge is 0.484 e. The van der Waals surface area contributed by atoms with Crippen LogP contribution in [0.15, 0.2) is 0 Å². The lowest BCUT2D eigenvalue weighted by atomic mass is 9.95. The van der Waals surface area contributed by atoms with E-state index in [1.807, 2.05) is 0 Å². The highest BCUT2D eigenvalue weighted by Gasteiger charge is 2.34. The Morgan fingerprint density at radius 1 is 0.900 bits per heavy atom. The first kappa shape index (κ1) is 15.8. The van der Waals surface area contributed by atoms with E-state index in [4.69, 9.17) is 19.7 Å². The van der Waals surface area contributed by atoms with Gasteiger partial charge in [0.15, 0.2) is 0 Å². The largest absolute Gasteiger partial charge is 0.715 e. The average Bonchev–Trinajstić information content (AvgIpc) is 2.49. The fourth-order valence-electron chi connectivity index (χ4n) is 2.96. The summed E-state index contributed by atoms with van der Waals surface area (Å²) in [5.41, 5.74) is 5.30. The van der Waals surface area contributed by atoms with Crippen LogP contribution >= 0.6 is 0 Å². The molecule has 0 saturated heterocycles. The van der Waals surface area contributed by atoms with Crippen molar-refractivity contribution < 1.29 is 18.8 Å². The Morgan fingerprint density at radius 3 is 1.75 bits per heavy atom. The van der Waals surface area contributed by atoms with Gasteiger partial charge in [-0.15, -0.1) is 0 Å². The summed E-state index contributed by atoms with van der Waals surface area (Å²) in [6.45, 7) is -0.140. The molecule has 20 heavy (non-hydrogen) atoms. The standard InChI is InChI=1S/C14H26BNO4/c16-11-14(17)20-15(18-12-7-3-1-4-8-12)19-13-9-5-2-6-10-13/h12-13H,1-11,16H2. The second-order valence-corrected chi connectivity index (χ2v) is 5.77. The van der Waals surface area contributed by atoms with Crippen LogP contribution in [-0.2, 0) is 18.8 Å². The third kappa shape index (κ3) is 5.42. The van der Waals surface area contributed by atoms with Crippen LogP contribution < -0.4 is 5.73 Å². The summed E-state index contributed by atoms with van der Waals surface area (Å²) in [5.74, 6) is -0.471. The van der Waals surface area contributed by atoms with Gasteiger partial charge < -0.3 is 19.7 Å². The Bertz CT molecular complexity index is 271. The van der Waals surface area contributed by atoms with Crippen LogP contribution in [0.5, 0.6) is 0 Å². The van der Waals surface area contributed by atoms with Gasteiger partial charge in [-0.3, -0.25) is 4.79 Å². The van der Waals surface area contributed by atoms with E-state index in [9.17, 15) is 4.79 Å². The lowest BCUT2D eigenvalue weighted by Gasteiger charge is -2.28. The fourth-order valence-corrected chi connectivity index (χ4v) is 2.96. The van der Waals surface area contributed by atoms with Crippen LogP contribution in [0.3, 0.4) is 0 Å². The number of carbonyl (C=O) groups excluding carboxylic acids is 1. The Labute approximate surface area is 121 Å². The van der Waals surface area contributed by atoms with Crippen molar-refractivity contribution in [2.45, 2.75) is 76.4 Å². The number of nitrogens with two attached hydrogens (primary N) is 1. The summed E-state index contributed by atoms with van der Waals surface area (Å²) in [7, 11) is -0.878. The van der Waals surface area contributed by atoms with Crippen LogP contribution in [0.1, 0.15) is 64.2 Å². The van der Waals surface area contributed by atoms with Gasteiger partial charge in [-0.1, -0.05) is 38.5 Å². The molecule has 5 nitrogen and oxygen atoms in total. The van der Waals surface area contributed by atoms with E-state index >= 15 is 0 Å². The summed E-state index contributed by atoms with van der Waals surface area (Å²) in [6.07, 6.45) is 11.6.